The third-order valence-electron chi connectivity index (χ3n) is 3.65. The SMILES string of the molecule is C[C@@H](OCC1CCN(C(=O)OC(C)(C)C)CC1)c1nccs1. The quantitative estimate of drug-likeness (QED) is 0.843. The zero-order valence-corrected chi connectivity index (χ0v) is 14.7. The van der Waals surface area contributed by atoms with Crippen LogP contribution in [0.25, 0.3) is 0 Å². The number of nitrogens with zero attached hydrogens (tertiary/aromatic N) is 2. The van der Waals surface area contributed by atoms with Crippen molar-refractivity contribution >= 4 is 17.4 Å². The maximum atomic E-state index is 12.0. The number of carbonyl (C=O) groups excluding carboxylic acids is 1. The van der Waals surface area contributed by atoms with Crippen molar-refractivity contribution in [1.82, 2.24) is 9.88 Å². The molecule has 1 saturated heterocycles. The molecule has 22 heavy (non-hydrogen) atoms. The molecule has 0 aromatic carbocycles. The summed E-state index contributed by atoms with van der Waals surface area (Å²) in [5, 5.41) is 2.99. The van der Waals surface area contributed by atoms with Crippen LogP contribution >= 0.6 is 11.3 Å². The molecule has 0 bridgehead atoms. The summed E-state index contributed by atoms with van der Waals surface area (Å²) in [6, 6.07) is 0. The van der Waals surface area contributed by atoms with Crippen LogP contribution in [-0.4, -0.2) is 41.3 Å². The maximum Gasteiger partial charge on any atom is 0.410 e. The highest BCUT2D eigenvalue weighted by Gasteiger charge is 2.27. The van der Waals surface area contributed by atoms with Crippen LogP contribution in [0.4, 0.5) is 4.79 Å². The van der Waals surface area contributed by atoms with Gasteiger partial charge in [0.15, 0.2) is 0 Å². The summed E-state index contributed by atoms with van der Waals surface area (Å²) in [6.07, 6.45) is 3.57. The minimum absolute atomic E-state index is 0.0453. The van der Waals surface area contributed by atoms with Gasteiger partial charge in [-0.2, -0.15) is 0 Å². The van der Waals surface area contributed by atoms with Crippen LogP contribution in [0.1, 0.15) is 51.6 Å². The fourth-order valence-electron chi connectivity index (χ4n) is 2.40. The molecule has 124 valence electrons. The molecule has 0 saturated carbocycles. The van der Waals surface area contributed by atoms with Crippen molar-refractivity contribution in [2.75, 3.05) is 19.7 Å². The van der Waals surface area contributed by atoms with Crippen LogP contribution in [-0.2, 0) is 9.47 Å². The number of carbonyl (C=O) groups is 1. The molecule has 0 spiro atoms. The number of likely N-dealkylation sites (tertiary alicyclic amines) is 1. The zero-order valence-electron chi connectivity index (χ0n) is 13.9. The highest BCUT2D eigenvalue weighted by molar-refractivity contribution is 7.09. The van der Waals surface area contributed by atoms with Crippen LogP contribution in [0.3, 0.4) is 0 Å². The molecule has 1 amide bonds. The van der Waals surface area contributed by atoms with Gasteiger partial charge in [0.2, 0.25) is 0 Å². The van der Waals surface area contributed by atoms with Gasteiger partial charge in [0, 0.05) is 24.7 Å². The summed E-state index contributed by atoms with van der Waals surface area (Å²) in [6.45, 7) is 9.93. The molecule has 0 unspecified atom stereocenters. The molecule has 1 aromatic rings. The highest BCUT2D eigenvalue weighted by atomic mass is 32.1. The molecular weight excluding hydrogens is 300 g/mol. The second-order valence-corrected chi connectivity index (χ2v) is 7.68. The van der Waals surface area contributed by atoms with E-state index in [-0.39, 0.29) is 12.2 Å². The molecule has 6 heteroatoms. The Labute approximate surface area is 136 Å². The molecule has 0 aliphatic carbocycles. The molecule has 2 heterocycles. The summed E-state index contributed by atoms with van der Waals surface area (Å²) in [4.78, 5) is 18.1. The lowest BCUT2D eigenvalue weighted by Crippen LogP contribution is -2.42. The summed E-state index contributed by atoms with van der Waals surface area (Å²) in [7, 11) is 0. The van der Waals surface area contributed by atoms with Crippen molar-refractivity contribution in [3.8, 4) is 0 Å². The van der Waals surface area contributed by atoms with E-state index in [4.69, 9.17) is 9.47 Å². The van der Waals surface area contributed by atoms with Crippen molar-refractivity contribution in [3.63, 3.8) is 0 Å². The second kappa shape index (κ2) is 7.42. The lowest BCUT2D eigenvalue weighted by Gasteiger charge is -2.33. The smallest absolute Gasteiger partial charge is 0.410 e. The Hall–Kier alpha value is -1.14. The summed E-state index contributed by atoms with van der Waals surface area (Å²) in [5.41, 5.74) is -0.430. The van der Waals surface area contributed by atoms with Crippen molar-refractivity contribution in [1.29, 1.82) is 0 Å². The zero-order chi connectivity index (χ0) is 16.2. The monoisotopic (exact) mass is 326 g/mol. The number of aromatic nitrogens is 1. The third kappa shape index (κ3) is 5.25. The van der Waals surface area contributed by atoms with Gasteiger partial charge in [-0.1, -0.05) is 0 Å². The van der Waals surface area contributed by atoms with E-state index >= 15 is 0 Å². The van der Waals surface area contributed by atoms with Gasteiger partial charge in [0.05, 0.1) is 6.61 Å². The lowest BCUT2D eigenvalue weighted by molar-refractivity contribution is 0.00135. The van der Waals surface area contributed by atoms with Crippen molar-refractivity contribution in [3.05, 3.63) is 16.6 Å². The number of amides is 1. The van der Waals surface area contributed by atoms with Gasteiger partial charge in [-0.25, -0.2) is 9.78 Å². The van der Waals surface area contributed by atoms with Crippen molar-refractivity contribution < 1.29 is 14.3 Å². The molecule has 1 fully saturated rings. The summed E-state index contributed by atoms with van der Waals surface area (Å²) in [5.74, 6) is 0.501. The van der Waals surface area contributed by atoms with Crippen LogP contribution in [0.5, 0.6) is 0 Å². The largest absolute Gasteiger partial charge is 0.444 e. The Kier molecular flexibility index (Phi) is 5.81. The molecule has 5 nitrogen and oxygen atoms in total. The number of thiazole rings is 1. The van der Waals surface area contributed by atoms with E-state index in [0.29, 0.717) is 5.92 Å². The average molecular weight is 326 g/mol. The Morgan fingerprint density at radius 2 is 2.14 bits per heavy atom. The number of rotatable bonds is 4. The number of ether oxygens (including phenoxy) is 2. The highest BCUT2D eigenvalue weighted by Crippen LogP contribution is 2.24. The first-order valence-electron chi connectivity index (χ1n) is 7.84. The molecular formula is C16H26N2O3S. The summed E-state index contributed by atoms with van der Waals surface area (Å²) >= 11 is 1.62. The Morgan fingerprint density at radius 1 is 1.45 bits per heavy atom. The van der Waals surface area contributed by atoms with Crippen molar-refractivity contribution in [2.45, 2.75) is 52.2 Å². The topological polar surface area (TPSA) is 51.7 Å². The molecule has 1 atom stereocenters. The van der Waals surface area contributed by atoms with E-state index in [9.17, 15) is 4.79 Å². The number of piperidine rings is 1. The van der Waals surface area contributed by atoms with Gasteiger partial charge in [0.1, 0.15) is 16.7 Å². The van der Waals surface area contributed by atoms with E-state index in [1.807, 2.05) is 33.1 Å². The Balaban J connectivity index is 1.70. The van der Waals surface area contributed by atoms with Gasteiger partial charge < -0.3 is 14.4 Å². The molecule has 0 N–H and O–H groups in total. The average Bonchev–Trinajstić information content (AvgIpc) is 2.97. The lowest BCUT2D eigenvalue weighted by atomic mass is 9.98. The fraction of sp³-hybridized carbons (Fsp3) is 0.750. The summed E-state index contributed by atoms with van der Waals surface area (Å²) < 4.78 is 11.3. The van der Waals surface area contributed by atoms with Crippen LogP contribution in [0.15, 0.2) is 11.6 Å². The first-order valence-corrected chi connectivity index (χ1v) is 8.72. The van der Waals surface area contributed by atoms with Gasteiger partial charge >= 0.3 is 6.09 Å². The van der Waals surface area contributed by atoms with Crippen LogP contribution in [0.2, 0.25) is 0 Å². The minimum atomic E-state index is -0.430. The van der Waals surface area contributed by atoms with E-state index in [2.05, 4.69) is 4.98 Å². The van der Waals surface area contributed by atoms with Gasteiger partial charge in [0.25, 0.3) is 0 Å². The normalized spacial score (nSPS) is 18.3. The van der Waals surface area contributed by atoms with Gasteiger partial charge in [-0.05, 0) is 46.5 Å². The third-order valence-corrected chi connectivity index (χ3v) is 4.58. The fourth-order valence-corrected chi connectivity index (χ4v) is 3.04. The number of hydrogen-bond donors (Lipinski definition) is 0. The molecule has 2 rings (SSSR count). The van der Waals surface area contributed by atoms with Crippen molar-refractivity contribution in [2.24, 2.45) is 5.92 Å². The maximum absolute atomic E-state index is 12.0. The predicted molar refractivity (Wildman–Crippen MR) is 87.0 cm³/mol. The first-order chi connectivity index (χ1) is 10.3. The van der Waals surface area contributed by atoms with Crippen LogP contribution in [0, 0.1) is 5.92 Å². The van der Waals surface area contributed by atoms with E-state index in [0.717, 1.165) is 37.5 Å². The Morgan fingerprint density at radius 3 is 2.68 bits per heavy atom. The van der Waals surface area contributed by atoms with Crippen LogP contribution < -0.4 is 0 Å². The molecule has 0 radical (unpaired) electrons. The van der Waals surface area contributed by atoms with E-state index < -0.39 is 5.60 Å². The van der Waals surface area contributed by atoms with Gasteiger partial charge in [-0.3, -0.25) is 0 Å². The standard InChI is InChI=1S/C16H26N2O3S/c1-12(14-17-7-10-22-14)20-11-13-5-8-18(9-6-13)15(19)21-16(2,3)4/h7,10,12-13H,5-6,8-9,11H2,1-4H3/t12-/m1/s1. The first kappa shape index (κ1) is 17.2. The second-order valence-electron chi connectivity index (χ2n) is 6.76. The molecule has 1 aliphatic rings. The van der Waals surface area contributed by atoms with E-state index in [1.165, 1.54) is 0 Å². The molecule has 1 aliphatic heterocycles. The molecule has 1 aromatic heterocycles. The van der Waals surface area contributed by atoms with E-state index in [1.54, 1.807) is 22.4 Å². The minimum Gasteiger partial charge on any atom is -0.444 e. The Bertz CT molecular complexity index is 462. The number of hydrogen-bond acceptors (Lipinski definition) is 5. The predicted octanol–water partition coefficient (Wildman–Crippen LogP) is 3.87. The van der Waals surface area contributed by atoms with Gasteiger partial charge in [-0.15, -0.1) is 11.3 Å².